The van der Waals surface area contributed by atoms with E-state index in [0.717, 1.165) is 29.0 Å². The first-order valence-electron chi connectivity index (χ1n) is 8.98. The zero-order chi connectivity index (χ0) is 18.5. The number of nitrogens with zero attached hydrogens (tertiary/aromatic N) is 1. The third-order valence-corrected chi connectivity index (χ3v) is 4.48. The summed E-state index contributed by atoms with van der Waals surface area (Å²) in [6.45, 7) is 6.72. The first-order chi connectivity index (χ1) is 12.5. The number of aliphatic hydroxyl groups excluding tert-OH is 1. The largest absolute Gasteiger partial charge is 0.491 e. The van der Waals surface area contributed by atoms with Crippen molar-refractivity contribution in [3.05, 3.63) is 65.0 Å². The average molecular weight is 359 g/mol. The van der Waals surface area contributed by atoms with E-state index in [2.05, 4.69) is 11.0 Å². The minimum absolute atomic E-state index is 0.174. The first kappa shape index (κ1) is 18.8. The van der Waals surface area contributed by atoms with Crippen LogP contribution in [0.5, 0.6) is 5.75 Å². The molecule has 3 rings (SSSR count). The van der Waals surface area contributed by atoms with Crippen molar-refractivity contribution in [1.29, 1.82) is 0 Å². The lowest BCUT2D eigenvalue weighted by atomic mass is 10.1. The normalized spacial score (nSPS) is 19.3. The summed E-state index contributed by atoms with van der Waals surface area (Å²) in [6.07, 6.45) is -0.769. The predicted molar refractivity (Wildman–Crippen MR) is 99.0 cm³/mol. The highest BCUT2D eigenvalue weighted by Gasteiger charge is 2.24. The monoisotopic (exact) mass is 359 g/mol. The van der Waals surface area contributed by atoms with Gasteiger partial charge in [0, 0.05) is 19.6 Å². The van der Waals surface area contributed by atoms with Crippen LogP contribution in [0.2, 0.25) is 0 Å². The second-order valence-electron chi connectivity index (χ2n) is 6.96. The van der Waals surface area contributed by atoms with Crippen LogP contribution in [0.1, 0.15) is 22.8 Å². The van der Waals surface area contributed by atoms with Crippen molar-refractivity contribution in [2.24, 2.45) is 0 Å². The van der Waals surface area contributed by atoms with Crippen molar-refractivity contribution in [2.75, 3.05) is 32.8 Å². The third-order valence-electron chi connectivity index (χ3n) is 4.48. The van der Waals surface area contributed by atoms with Crippen molar-refractivity contribution in [2.45, 2.75) is 26.1 Å². The van der Waals surface area contributed by atoms with Crippen LogP contribution >= 0.6 is 0 Å². The first-order valence-corrected chi connectivity index (χ1v) is 8.98. The van der Waals surface area contributed by atoms with Crippen LogP contribution < -0.4 is 4.74 Å². The highest BCUT2D eigenvalue weighted by molar-refractivity contribution is 5.33. The maximum absolute atomic E-state index is 13.4. The maximum atomic E-state index is 13.4. The van der Waals surface area contributed by atoms with Crippen molar-refractivity contribution < 1.29 is 19.0 Å². The molecular formula is C21H26FNO3. The van der Waals surface area contributed by atoms with E-state index in [1.165, 1.54) is 12.1 Å². The van der Waals surface area contributed by atoms with Crippen molar-refractivity contribution in [3.8, 4) is 5.75 Å². The number of ether oxygens (including phenoxy) is 2. The fourth-order valence-corrected chi connectivity index (χ4v) is 3.34. The number of β-amino-alcohol motifs (C(OH)–C–C–N with tert-alkyl or cyclic N) is 1. The van der Waals surface area contributed by atoms with Gasteiger partial charge in [0.1, 0.15) is 24.3 Å². The van der Waals surface area contributed by atoms with E-state index in [1.807, 2.05) is 32.0 Å². The molecule has 2 aromatic rings. The highest BCUT2D eigenvalue weighted by Crippen LogP contribution is 2.23. The second kappa shape index (κ2) is 8.62. The van der Waals surface area contributed by atoms with Crippen molar-refractivity contribution in [3.63, 3.8) is 0 Å². The molecule has 0 radical (unpaired) electrons. The van der Waals surface area contributed by atoms with Gasteiger partial charge in [0.2, 0.25) is 0 Å². The lowest BCUT2D eigenvalue weighted by Gasteiger charge is -2.34. The van der Waals surface area contributed by atoms with Crippen LogP contribution in [-0.4, -0.2) is 49.0 Å². The van der Waals surface area contributed by atoms with Crippen LogP contribution in [0.4, 0.5) is 4.39 Å². The van der Waals surface area contributed by atoms with Gasteiger partial charge in [-0.15, -0.1) is 0 Å². The number of hydrogen-bond donors (Lipinski definition) is 1. The molecule has 140 valence electrons. The van der Waals surface area contributed by atoms with Gasteiger partial charge in [-0.1, -0.05) is 18.2 Å². The Labute approximate surface area is 154 Å². The summed E-state index contributed by atoms with van der Waals surface area (Å²) in [5.41, 5.74) is 3.11. The molecule has 0 bridgehead atoms. The zero-order valence-electron chi connectivity index (χ0n) is 15.3. The molecule has 0 spiro atoms. The molecule has 1 saturated heterocycles. The van der Waals surface area contributed by atoms with Gasteiger partial charge in [0.25, 0.3) is 0 Å². The quantitative estimate of drug-likeness (QED) is 0.860. The fourth-order valence-electron chi connectivity index (χ4n) is 3.34. The van der Waals surface area contributed by atoms with E-state index in [-0.39, 0.29) is 18.5 Å². The fraction of sp³-hybridized carbons (Fsp3) is 0.429. The van der Waals surface area contributed by atoms with Gasteiger partial charge in [0.15, 0.2) is 0 Å². The Morgan fingerprint density at radius 3 is 2.73 bits per heavy atom. The van der Waals surface area contributed by atoms with Crippen LogP contribution in [0.15, 0.2) is 42.5 Å². The lowest BCUT2D eigenvalue weighted by Crippen LogP contribution is -2.43. The van der Waals surface area contributed by atoms with E-state index in [1.54, 1.807) is 6.07 Å². The molecule has 0 amide bonds. The molecule has 26 heavy (non-hydrogen) atoms. The molecule has 0 aliphatic carbocycles. The van der Waals surface area contributed by atoms with Gasteiger partial charge in [-0.25, -0.2) is 4.39 Å². The summed E-state index contributed by atoms with van der Waals surface area (Å²) in [7, 11) is 0. The Morgan fingerprint density at radius 1 is 1.23 bits per heavy atom. The van der Waals surface area contributed by atoms with E-state index in [9.17, 15) is 9.50 Å². The standard InChI is InChI=1S/C21H26FNO3/c1-15-8-16(2)10-20(9-15)26-14-19(24)12-23-6-7-25-21(13-23)17-4-3-5-18(22)11-17/h3-5,8-11,19,21,24H,6-7,12-14H2,1-2H3. The van der Waals surface area contributed by atoms with Crippen LogP contribution in [-0.2, 0) is 4.74 Å². The van der Waals surface area contributed by atoms with E-state index >= 15 is 0 Å². The Morgan fingerprint density at radius 2 is 2.00 bits per heavy atom. The molecule has 1 aliphatic rings. The molecule has 2 aromatic carbocycles. The van der Waals surface area contributed by atoms with Crippen molar-refractivity contribution >= 4 is 0 Å². The SMILES string of the molecule is Cc1cc(C)cc(OCC(O)CN2CCOC(c3cccc(F)c3)C2)c1. The smallest absolute Gasteiger partial charge is 0.123 e. The molecule has 4 nitrogen and oxygen atoms in total. The number of hydrogen-bond acceptors (Lipinski definition) is 4. The summed E-state index contributed by atoms with van der Waals surface area (Å²) in [6, 6.07) is 12.5. The molecular weight excluding hydrogens is 333 g/mol. The van der Waals surface area contributed by atoms with Crippen LogP contribution in [0, 0.1) is 19.7 Å². The van der Waals surface area contributed by atoms with Gasteiger partial charge in [0.05, 0.1) is 12.7 Å². The molecule has 1 heterocycles. The number of aliphatic hydroxyl groups is 1. The lowest BCUT2D eigenvalue weighted by molar-refractivity contribution is -0.0460. The summed E-state index contributed by atoms with van der Waals surface area (Å²) < 4.78 is 24.9. The van der Waals surface area contributed by atoms with Crippen LogP contribution in [0.25, 0.3) is 0 Å². The van der Waals surface area contributed by atoms with E-state index < -0.39 is 6.10 Å². The van der Waals surface area contributed by atoms with Crippen molar-refractivity contribution in [1.82, 2.24) is 4.90 Å². The number of benzene rings is 2. The number of halogens is 1. The molecule has 1 aliphatic heterocycles. The maximum Gasteiger partial charge on any atom is 0.123 e. The number of aryl methyl sites for hydroxylation is 2. The number of rotatable bonds is 6. The predicted octanol–water partition coefficient (Wildman–Crippen LogP) is 3.26. The minimum Gasteiger partial charge on any atom is -0.491 e. The summed E-state index contributed by atoms with van der Waals surface area (Å²) in [5, 5.41) is 10.3. The molecule has 0 aromatic heterocycles. The van der Waals surface area contributed by atoms with E-state index in [4.69, 9.17) is 9.47 Å². The van der Waals surface area contributed by atoms with Gasteiger partial charge in [-0.3, -0.25) is 4.90 Å². The van der Waals surface area contributed by atoms with E-state index in [0.29, 0.717) is 19.7 Å². The Kier molecular flexibility index (Phi) is 6.25. The summed E-state index contributed by atoms with van der Waals surface area (Å²) in [4.78, 5) is 2.13. The summed E-state index contributed by atoms with van der Waals surface area (Å²) in [5.74, 6) is 0.520. The molecule has 0 saturated carbocycles. The molecule has 2 unspecified atom stereocenters. The molecule has 2 atom stereocenters. The second-order valence-corrected chi connectivity index (χ2v) is 6.96. The topological polar surface area (TPSA) is 41.9 Å². The Balaban J connectivity index is 1.51. The number of morpholine rings is 1. The molecule has 1 fully saturated rings. The zero-order valence-corrected chi connectivity index (χ0v) is 15.3. The Hall–Kier alpha value is -1.95. The summed E-state index contributed by atoms with van der Waals surface area (Å²) >= 11 is 0. The highest BCUT2D eigenvalue weighted by atomic mass is 19.1. The van der Waals surface area contributed by atoms with Gasteiger partial charge in [-0.05, 0) is 54.8 Å². The van der Waals surface area contributed by atoms with Gasteiger partial charge >= 0.3 is 0 Å². The average Bonchev–Trinajstić information content (AvgIpc) is 2.59. The third kappa shape index (κ3) is 5.27. The minimum atomic E-state index is -0.595. The molecule has 1 N–H and O–H groups in total. The Bertz CT molecular complexity index is 717. The van der Waals surface area contributed by atoms with Gasteiger partial charge in [-0.2, -0.15) is 0 Å². The van der Waals surface area contributed by atoms with Gasteiger partial charge < -0.3 is 14.6 Å². The molecule has 5 heteroatoms. The van der Waals surface area contributed by atoms with Crippen LogP contribution in [0.3, 0.4) is 0 Å².